The molecule has 190 valence electrons. The molecule has 0 rings (SSSR count). The first-order valence-corrected chi connectivity index (χ1v) is 17.2. The van der Waals surface area contributed by atoms with Gasteiger partial charge < -0.3 is 9.16 Å². The summed E-state index contributed by atoms with van der Waals surface area (Å²) in [6.07, 6.45) is 29.3. The van der Waals surface area contributed by atoms with E-state index < -0.39 is 8.32 Å². The molecule has 32 heavy (non-hydrogen) atoms. The summed E-state index contributed by atoms with van der Waals surface area (Å²) in [6, 6.07) is 0. The number of rotatable bonds is 23. The lowest BCUT2D eigenvalue weighted by atomic mass is 10.0. The molecule has 0 bridgehead atoms. The van der Waals surface area contributed by atoms with Crippen molar-refractivity contribution in [3.05, 3.63) is 12.2 Å². The molecule has 0 saturated carbocycles. The summed E-state index contributed by atoms with van der Waals surface area (Å²) in [6.45, 7) is 8.64. The molecule has 0 aromatic rings. The van der Waals surface area contributed by atoms with Crippen LogP contribution in [0.2, 0.25) is 19.6 Å². The van der Waals surface area contributed by atoms with Gasteiger partial charge in [-0.3, -0.25) is 0 Å². The number of esters is 1. The molecule has 0 fully saturated rings. The molecule has 1 atom stereocenters. The first kappa shape index (κ1) is 31.4. The van der Waals surface area contributed by atoms with Crippen molar-refractivity contribution in [3.8, 4) is 0 Å². The lowest BCUT2D eigenvalue weighted by Crippen LogP contribution is -2.37. The van der Waals surface area contributed by atoms with E-state index in [0.717, 1.165) is 19.3 Å². The van der Waals surface area contributed by atoms with Crippen molar-refractivity contribution in [2.45, 2.75) is 155 Å². The minimum Gasteiger partial charge on any atom is -0.467 e. The predicted molar refractivity (Wildman–Crippen MR) is 143 cm³/mol. The minimum absolute atomic E-state index is 0.215. The van der Waals surface area contributed by atoms with Crippen molar-refractivity contribution in [2.75, 3.05) is 7.11 Å². The lowest BCUT2D eigenvalue weighted by molar-refractivity contribution is -0.149. The number of ether oxygens (including phenoxy) is 1. The standard InChI is InChI=1S/C28H56O3Si/c1-6-7-8-9-10-11-12-13-14-15-16-17-18-19-20-21-22-23-24-25-26-27(28(29)30-2)31-32(3,4)5/h19-20,27H,6-18,21-26H2,1-5H3/b20-19-. The Morgan fingerprint density at radius 3 is 1.50 bits per heavy atom. The van der Waals surface area contributed by atoms with Crippen molar-refractivity contribution in [1.29, 1.82) is 0 Å². The van der Waals surface area contributed by atoms with Gasteiger partial charge in [-0.05, 0) is 51.7 Å². The van der Waals surface area contributed by atoms with Gasteiger partial charge in [0.05, 0.1) is 7.11 Å². The molecule has 0 radical (unpaired) electrons. The van der Waals surface area contributed by atoms with Crippen molar-refractivity contribution in [3.63, 3.8) is 0 Å². The van der Waals surface area contributed by atoms with Gasteiger partial charge in [-0.25, -0.2) is 4.79 Å². The summed E-state index contributed by atoms with van der Waals surface area (Å²) in [4.78, 5) is 11.9. The zero-order chi connectivity index (χ0) is 23.9. The van der Waals surface area contributed by atoms with E-state index in [9.17, 15) is 4.79 Å². The lowest BCUT2D eigenvalue weighted by Gasteiger charge is -2.24. The molecule has 0 spiro atoms. The SMILES string of the molecule is CCCCCCCCCCCCCC/C=C\CCCCCCC(O[Si](C)(C)C)C(=O)OC. The van der Waals surface area contributed by atoms with Gasteiger partial charge >= 0.3 is 5.97 Å². The minimum atomic E-state index is -1.73. The summed E-state index contributed by atoms with van der Waals surface area (Å²) in [5.41, 5.74) is 0. The van der Waals surface area contributed by atoms with E-state index in [-0.39, 0.29) is 12.1 Å². The topological polar surface area (TPSA) is 35.5 Å². The van der Waals surface area contributed by atoms with Crippen LogP contribution in [0.15, 0.2) is 12.2 Å². The van der Waals surface area contributed by atoms with Crippen LogP contribution in [-0.2, 0) is 14.0 Å². The Bertz CT molecular complexity index is 442. The number of hydrogen-bond donors (Lipinski definition) is 0. The van der Waals surface area contributed by atoms with Gasteiger partial charge in [-0.2, -0.15) is 0 Å². The fourth-order valence-corrected chi connectivity index (χ4v) is 5.14. The Morgan fingerprint density at radius 1 is 0.688 bits per heavy atom. The molecular formula is C28H56O3Si. The van der Waals surface area contributed by atoms with E-state index in [0.29, 0.717) is 0 Å². The number of methoxy groups -OCH3 is 1. The maximum Gasteiger partial charge on any atom is 0.333 e. The Kier molecular flexibility index (Phi) is 21.8. The molecule has 0 heterocycles. The zero-order valence-electron chi connectivity index (χ0n) is 22.4. The largest absolute Gasteiger partial charge is 0.467 e. The maximum atomic E-state index is 11.9. The van der Waals surface area contributed by atoms with Crippen LogP contribution in [0.25, 0.3) is 0 Å². The second-order valence-electron chi connectivity index (χ2n) is 10.4. The third-order valence-corrected chi connectivity index (χ3v) is 6.93. The smallest absolute Gasteiger partial charge is 0.333 e. The van der Waals surface area contributed by atoms with Crippen LogP contribution in [0.5, 0.6) is 0 Å². The number of carbonyl (C=O) groups is 1. The zero-order valence-corrected chi connectivity index (χ0v) is 23.4. The Labute approximate surface area is 202 Å². The Morgan fingerprint density at radius 2 is 1.09 bits per heavy atom. The second-order valence-corrected chi connectivity index (χ2v) is 14.8. The third kappa shape index (κ3) is 22.6. The number of allylic oxidation sites excluding steroid dienone is 2. The van der Waals surface area contributed by atoms with E-state index >= 15 is 0 Å². The first-order chi connectivity index (χ1) is 15.4. The van der Waals surface area contributed by atoms with Crippen LogP contribution in [0.3, 0.4) is 0 Å². The van der Waals surface area contributed by atoms with Gasteiger partial charge in [0.25, 0.3) is 0 Å². The van der Waals surface area contributed by atoms with E-state index in [2.05, 4.69) is 38.7 Å². The molecule has 1 unspecified atom stereocenters. The summed E-state index contributed by atoms with van der Waals surface area (Å²) in [7, 11) is -0.275. The average molecular weight is 469 g/mol. The highest BCUT2D eigenvalue weighted by atomic mass is 28.4. The van der Waals surface area contributed by atoms with Crippen molar-refractivity contribution >= 4 is 14.3 Å². The normalized spacial score (nSPS) is 13.0. The molecule has 0 aromatic carbocycles. The molecular weight excluding hydrogens is 412 g/mol. The first-order valence-electron chi connectivity index (χ1n) is 13.8. The summed E-state index contributed by atoms with van der Waals surface area (Å²) < 4.78 is 10.9. The average Bonchev–Trinajstić information content (AvgIpc) is 2.75. The predicted octanol–water partition coefficient (Wildman–Crippen LogP) is 9.37. The molecule has 0 aromatic heterocycles. The molecule has 0 saturated heterocycles. The molecule has 0 N–H and O–H groups in total. The third-order valence-electron chi connectivity index (χ3n) is 5.94. The van der Waals surface area contributed by atoms with Crippen molar-refractivity contribution < 1.29 is 14.0 Å². The van der Waals surface area contributed by atoms with Crippen LogP contribution < -0.4 is 0 Å². The number of hydrogen-bond acceptors (Lipinski definition) is 3. The Hall–Kier alpha value is -0.613. The fraction of sp³-hybridized carbons (Fsp3) is 0.893. The highest BCUT2D eigenvalue weighted by Crippen LogP contribution is 2.16. The molecule has 4 heteroatoms. The molecule has 0 amide bonds. The quantitative estimate of drug-likeness (QED) is 0.0648. The van der Waals surface area contributed by atoms with Gasteiger partial charge in [0.15, 0.2) is 8.32 Å². The number of unbranched alkanes of at least 4 members (excludes halogenated alkanes) is 16. The van der Waals surface area contributed by atoms with Gasteiger partial charge in [0.1, 0.15) is 6.10 Å². The van der Waals surface area contributed by atoms with E-state index in [1.807, 2.05) is 0 Å². The molecule has 3 nitrogen and oxygen atoms in total. The second kappa shape index (κ2) is 22.2. The van der Waals surface area contributed by atoms with Crippen LogP contribution >= 0.6 is 0 Å². The summed E-state index contributed by atoms with van der Waals surface area (Å²) in [5, 5.41) is 0. The van der Waals surface area contributed by atoms with E-state index in [4.69, 9.17) is 9.16 Å². The summed E-state index contributed by atoms with van der Waals surface area (Å²) in [5.74, 6) is -0.215. The van der Waals surface area contributed by atoms with E-state index in [1.54, 1.807) is 0 Å². The molecule has 0 aliphatic heterocycles. The fourth-order valence-electron chi connectivity index (χ4n) is 4.07. The van der Waals surface area contributed by atoms with Crippen molar-refractivity contribution in [2.24, 2.45) is 0 Å². The van der Waals surface area contributed by atoms with Crippen LogP contribution in [-0.4, -0.2) is 27.5 Å². The van der Waals surface area contributed by atoms with Gasteiger partial charge in [-0.15, -0.1) is 0 Å². The Balaban J connectivity index is 3.44. The monoisotopic (exact) mass is 468 g/mol. The maximum absolute atomic E-state index is 11.9. The molecule has 0 aliphatic carbocycles. The highest BCUT2D eigenvalue weighted by Gasteiger charge is 2.26. The van der Waals surface area contributed by atoms with Gasteiger partial charge in [0.2, 0.25) is 0 Å². The van der Waals surface area contributed by atoms with E-state index in [1.165, 1.54) is 110 Å². The van der Waals surface area contributed by atoms with Crippen LogP contribution in [0, 0.1) is 0 Å². The highest BCUT2D eigenvalue weighted by molar-refractivity contribution is 6.69. The molecule has 0 aliphatic rings. The number of carbonyl (C=O) groups excluding carboxylic acids is 1. The van der Waals surface area contributed by atoms with Crippen molar-refractivity contribution in [1.82, 2.24) is 0 Å². The summed E-state index contributed by atoms with van der Waals surface area (Å²) >= 11 is 0. The van der Waals surface area contributed by atoms with Crippen LogP contribution in [0.1, 0.15) is 129 Å². The van der Waals surface area contributed by atoms with Gasteiger partial charge in [-0.1, -0.05) is 109 Å². The van der Waals surface area contributed by atoms with Crippen LogP contribution in [0.4, 0.5) is 0 Å². The van der Waals surface area contributed by atoms with Gasteiger partial charge in [0, 0.05) is 0 Å².